The van der Waals surface area contributed by atoms with Gasteiger partial charge in [-0.2, -0.15) is 0 Å². The first-order valence-corrected chi connectivity index (χ1v) is 12.5. The van der Waals surface area contributed by atoms with Crippen molar-refractivity contribution in [3.8, 4) is 0 Å². The molecule has 3 aromatic rings. The highest BCUT2D eigenvalue weighted by atomic mass is 19.1. The number of nitrogens with one attached hydrogen (secondary N) is 2. The molecule has 0 unspecified atom stereocenters. The second-order valence-corrected chi connectivity index (χ2v) is 8.84. The van der Waals surface area contributed by atoms with Gasteiger partial charge in [-0.1, -0.05) is 36.9 Å². The molecule has 1 amide bonds. The highest BCUT2D eigenvalue weighted by Crippen LogP contribution is 2.20. The van der Waals surface area contributed by atoms with Gasteiger partial charge in [0.15, 0.2) is 0 Å². The molecule has 38 heavy (non-hydrogen) atoms. The molecule has 1 aliphatic heterocycles. The summed E-state index contributed by atoms with van der Waals surface area (Å²) in [6.45, 7) is 7.24. The summed E-state index contributed by atoms with van der Waals surface area (Å²) >= 11 is 0. The summed E-state index contributed by atoms with van der Waals surface area (Å²) in [5, 5.41) is 5.99. The SMILES string of the molecule is C=C(N=C/C=C(\N)c1ccc(NC(=O)CCc2ccccc2F)cc1)Nc1ccc(N2CCOCC2)cc1. The number of hydrogen-bond donors (Lipinski definition) is 3. The number of benzene rings is 3. The third kappa shape index (κ3) is 7.78. The lowest BCUT2D eigenvalue weighted by atomic mass is 10.1. The lowest BCUT2D eigenvalue weighted by molar-refractivity contribution is -0.116. The Bertz CT molecular complexity index is 1300. The molecule has 0 aliphatic carbocycles. The number of aliphatic imine (C=N–C) groups is 1. The quantitative estimate of drug-likeness (QED) is 0.325. The molecule has 1 heterocycles. The number of halogens is 1. The van der Waals surface area contributed by atoms with Gasteiger partial charge in [-0.05, 0) is 66.1 Å². The zero-order chi connectivity index (χ0) is 26.7. The molecule has 0 bridgehead atoms. The van der Waals surface area contributed by atoms with E-state index in [1.165, 1.54) is 6.07 Å². The van der Waals surface area contributed by atoms with Gasteiger partial charge < -0.3 is 26.0 Å². The van der Waals surface area contributed by atoms with E-state index in [9.17, 15) is 9.18 Å². The largest absolute Gasteiger partial charge is 0.398 e. The first-order chi connectivity index (χ1) is 18.5. The van der Waals surface area contributed by atoms with E-state index in [1.807, 2.05) is 24.3 Å². The molecule has 0 spiro atoms. The fourth-order valence-corrected chi connectivity index (χ4v) is 4.00. The minimum Gasteiger partial charge on any atom is -0.398 e. The number of hydrogen-bond acceptors (Lipinski definition) is 6. The highest BCUT2D eigenvalue weighted by Gasteiger charge is 2.11. The van der Waals surface area contributed by atoms with Gasteiger partial charge in [0.25, 0.3) is 0 Å². The maximum Gasteiger partial charge on any atom is 0.224 e. The number of ether oxygens (including phenoxy) is 1. The van der Waals surface area contributed by atoms with E-state index in [-0.39, 0.29) is 18.1 Å². The summed E-state index contributed by atoms with van der Waals surface area (Å²) in [6, 6.07) is 21.8. The zero-order valence-corrected chi connectivity index (χ0v) is 21.2. The maximum absolute atomic E-state index is 13.7. The normalized spacial score (nSPS) is 13.9. The first kappa shape index (κ1) is 26.6. The number of allylic oxidation sites excluding steroid dienone is 1. The molecule has 0 saturated carbocycles. The Morgan fingerprint density at radius 1 is 1.00 bits per heavy atom. The number of carbonyl (C=O) groups excluding carboxylic acids is 1. The standard InChI is InChI=1S/C30H32FN5O2/c1-22(34-25-11-13-27(14-12-25)36-18-20-38-21-19-36)33-17-16-29(32)24-6-9-26(10-7-24)35-30(37)15-8-23-4-2-3-5-28(23)31/h2-7,9-14,16-17,34H,1,8,15,18-21,32H2,(H,35,37)/b29-16-,33-17?. The molecule has 4 N–H and O–H groups in total. The molecular formula is C30H32FN5O2. The van der Waals surface area contributed by atoms with E-state index in [1.54, 1.807) is 42.6 Å². The predicted octanol–water partition coefficient (Wildman–Crippen LogP) is 5.19. The van der Waals surface area contributed by atoms with Crippen molar-refractivity contribution in [1.82, 2.24) is 0 Å². The predicted molar refractivity (Wildman–Crippen MR) is 153 cm³/mol. The Balaban J connectivity index is 1.24. The van der Waals surface area contributed by atoms with Crippen LogP contribution in [0.5, 0.6) is 0 Å². The maximum atomic E-state index is 13.7. The van der Waals surface area contributed by atoms with Crippen molar-refractivity contribution in [2.75, 3.05) is 41.8 Å². The van der Waals surface area contributed by atoms with Gasteiger partial charge in [-0.3, -0.25) is 4.79 Å². The van der Waals surface area contributed by atoms with Crippen molar-refractivity contribution >= 4 is 34.9 Å². The molecule has 196 valence electrons. The summed E-state index contributed by atoms with van der Waals surface area (Å²) in [6.07, 6.45) is 3.81. The monoisotopic (exact) mass is 513 g/mol. The van der Waals surface area contributed by atoms with Crippen LogP contribution in [0.2, 0.25) is 0 Å². The Morgan fingerprint density at radius 3 is 2.37 bits per heavy atom. The lowest BCUT2D eigenvalue weighted by Gasteiger charge is -2.28. The number of carbonyl (C=O) groups is 1. The Morgan fingerprint density at radius 2 is 1.66 bits per heavy atom. The zero-order valence-electron chi connectivity index (χ0n) is 21.2. The van der Waals surface area contributed by atoms with Crippen molar-refractivity contribution in [3.63, 3.8) is 0 Å². The summed E-state index contributed by atoms with van der Waals surface area (Å²) in [5.41, 5.74) is 10.7. The van der Waals surface area contributed by atoms with Crippen LogP contribution >= 0.6 is 0 Å². The minimum absolute atomic E-state index is 0.182. The van der Waals surface area contributed by atoms with Crippen LogP contribution in [0.4, 0.5) is 21.5 Å². The van der Waals surface area contributed by atoms with Crippen LogP contribution in [0.3, 0.4) is 0 Å². The Labute approximate surface area is 222 Å². The molecule has 8 heteroatoms. The molecule has 4 rings (SSSR count). The molecule has 1 saturated heterocycles. The van der Waals surface area contributed by atoms with Crippen LogP contribution in [0.1, 0.15) is 17.5 Å². The molecule has 1 fully saturated rings. The van der Waals surface area contributed by atoms with E-state index < -0.39 is 0 Å². The van der Waals surface area contributed by atoms with Gasteiger partial charge in [0, 0.05) is 48.5 Å². The van der Waals surface area contributed by atoms with Crippen LogP contribution in [-0.2, 0) is 16.0 Å². The molecule has 0 radical (unpaired) electrons. The first-order valence-electron chi connectivity index (χ1n) is 12.5. The average Bonchev–Trinajstić information content (AvgIpc) is 2.94. The topological polar surface area (TPSA) is 92.0 Å². The van der Waals surface area contributed by atoms with Crippen LogP contribution < -0.4 is 21.3 Å². The van der Waals surface area contributed by atoms with Gasteiger partial charge in [0.05, 0.1) is 13.2 Å². The lowest BCUT2D eigenvalue weighted by Crippen LogP contribution is -2.36. The van der Waals surface area contributed by atoms with Crippen molar-refractivity contribution in [1.29, 1.82) is 0 Å². The smallest absolute Gasteiger partial charge is 0.224 e. The van der Waals surface area contributed by atoms with E-state index in [2.05, 4.69) is 39.2 Å². The minimum atomic E-state index is -0.298. The Kier molecular flexibility index (Phi) is 9.26. The van der Waals surface area contributed by atoms with Gasteiger partial charge in [0.1, 0.15) is 11.6 Å². The van der Waals surface area contributed by atoms with Crippen LogP contribution in [0.15, 0.2) is 96.3 Å². The number of aryl methyl sites for hydroxylation is 1. The fraction of sp³-hybridized carbons (Fsp3) is 0.200. The van der Waals surface area contributed by atoms with Gasteiger partial charge >= 0.3 is 0 Å². The number of morpholine rings is 1. The summed E-state index contributed by atoms with van der Waals surface area (Å²) in [4.78, 5) is 18.8. The van der Waals surface area contributed by atoms with E-state index in [4.69, 9.17) is 10.5 Å². The van der Waals surface area contributed by atoms with Crippen LogP contribution in [-0.4, -0.2) is 38.4 Å². The number of amides is 1. The van der Waals surface area contributed by atoms with Crippen LogP contribution in [0, 0.1) is 5.82 Å². The van der Waals surface area contributed by atoms with Crippen LogP contribution in [0.25, 0.3) is 5.70 Å². The third-order valence-corrected chi connectivity index (χ3v) is 6.10. The summed E-state index contributed by atoms with van der Waals surface area (Å²) in [5.74, 6) is 0.00737. The molecule has 7 nitrogen and oxygen atoms in total. The van der Waals surface area contributed by atoms with Crippen molar-refractivity contribution in [3.05, 3.63) is 108 Å². The highest BCUT2D eigenvalue weighted by molar-refractivity contribution is 5.91. The molecule has 0 aromatic heterocycles. The number of anilines is 3. The second-order valence-electron chi connectivity index (χ2n) is 8.84. The third-order valence-electron chi connectivity index (χ3n) is 6.10. The van der Waals surface area contributed by atoms with E-state index in [0.29, 0.717) is 29.2 Å². The van der Waals surface area contributed by atoms with Gasteiger partial charge in [-0.15, -0.1) is 0 Å². The molecular weight excluding hydrogens is 481 g/mol. The number of nitrogens with zero attached hydrogens (tertiary/aromatic N) is 2. The van der Waals surface area contributed by atoms with Crippen molar-refractivity contribution < 1.29 is 13.9 Å². The van der Waals surface area contributed by atoms with Gasteiger partial charge in [0.2, 0.25) is 5.91 Å². The molecule has 3 aromatic carbocycles. The summed E-state index contributed by atoms with van der Waals surface area (Å²) in [7, 11) is 0. The van der Waals surface area contributed by atoms with Gasteiger partial charge in [-0.25, -0.2) is 9.38 Å². The second kappa shape index (κ2) is 13.2. The number of nitrogens with two attached hydrogens (primary N) is 1. The average molecular weight is 514 g/mol. The summed E-state index contributed by atoms with van der Waals surface area (Å²) < 4.78 is 19.1. The van der Waals surface area contributed by atoms with E-state index >= 15 is 0 Å². The Hall–Kier alpha value is -4.43. The van der Waals surface area contributed by atoms with Crippen molar-refractivity contribution in [2.45, 2.75) is 12.8 Å². The molecule has 0 atom stereocenters. The fourth-order valence-electron chi connectivity index (χ4n) is 4.00. The van der Waals surface area contributed by atoms with Crippen molar-refractivity contribution in [2.24, 2.45) is 10.7 Å². The van der Waals surface area contributed by atoms with E-state index in [0.717, 1.165) is 43.2 Å². The number of rotatable bonds is 10. The molecule has 1 aliphatic rings.